The number of aliphatic hydroxyl groups is 1. The van der Waals surface area contributed by atoms with Gasteiger partial charge in [-0.05, 0) is 70.6 Å². The minimum absolute atomic E-state index is 0.0672. The fraction of sp³-hybridized carbons (Fsp3) is 0.709. The van der Waals surface area contributed by atoms with E-state index in [1.165, 1.54) is 122 Å². The Balaban J connectivity index is 3.54. The van der Waals surface area contributed by atoms with Crippen LogP contribution in [0, 0.1) is 0 Å². The molecule has 0 saturated carbocycles. The van der Waals surface area contributed by atoms with Crippen LogP contribution in [0.2, 0.25) is 0 Å². The summed E-state index contributed by atoms with van der Waals surface area (Å²) in [4.78, 5) is 24.4. The maximum atomic E-state index is 12.2. The van der Waals surface area contributed by atoms with Gasteiger partial charge in [-0.1, -0.05) is 234 Å². The number of allylic oxidation sites excluding steroid dienone is 14. The smallest absolute Gasteiger partial charge is 0.306 e. The van der Waals surface area contributed by atoms with Gasteiger partial charge < -0.3 is 14.6 Å². The van der Waals surface area contributed by atoms with Crippen LogP contribution >= 0.6 is 0 Å². The summed E-state index contributed by atoms with van der Waals surface area (Å²) in [6.07, 6.45) is 69.6. The van der Waals surface area contributed by atoms with Crippen molar-refractivity contribution >= 4 is 11.9 Å². The van der Waals surface area contributed by atoms with Crippen LogP contribution in [-0.4, -0.2) is 36.4 Å². The van der Waals surface area contributed by atoms with Crippen molar-refractivity contribution in [3.05, 3.63) is 85.1 Å². The second-order valence-corrected chi connectivity index (χ2v) is 16.5. The molecule has 0 aliphatic rings. The summed E-state index contributed by atoms with van der Waals surface area (Å²) in [6.45, 7) is 4.03. The molecule has 0 bridgehead atoms. The van der Waals surface area contributed by atoms with Crippen LogP contribution in [0.15, 0.2) is 85.1 Å². The Labute approximate surface area is 371 Å². The van der Waals surface area contributed by atoms with Crippen LogP contribution < -0.4 is 0 Å². The largest absolute Gasteiger partial charge is 0.462 e. The summed E-state index contributed by atoms with van der Waals surface area (Å²) in [5.41, 5.74) is 0. The third-order valence-electron chi connectivity index (χ3n) is 10.7. The normalized spacial score (nSPS) is 12.9. The molecule has 0 aromatic heterocycles. The zero-order chi connectivity index (χ0) is 43.5. The van der Waals surface area contributed by atoms with Crippen LogP contribution in [0.4, 0.5) is 0 Å². The first-order valence-electron chi connectivity index (χ1n) is 25.1. The van der Waals surface area contributed by atoms with Gasteiger partial charge >= 0.3 is 11.9 Å². The van der Waals surface area contributed by atoms with Crippen LogP contribution in [0.1, 0.15) is 232 Å². The van der Waals surface area contributed by atoms with E-state index in [4.69, 9.17) is 9.47 Å². The van der Waals surface area contributed by atoms with Crippen molar-refractivity contribution in [2.24, 2.45) is 0 Å². The molecule has 1 unspecified atom stereocenters. The first-order valence-corrected chi connectivity index (χ1v) is 25.1. The maximum absolute atomic E-state index is 12.2. The van der Waals surface area contributed by atoms with Gasteiger partial charge in [0.1, 0.15) is 6.61 Å². The predicted molar refractivity (Wildman–Crippen MR) is 260 cm³/mol. The molecule has 0 spiro atoms. The summed E-state index contributed by atoms with van der Waals surface area (Å²) < 4.78 is 10.7. The van der Waals surface area contributed by atoms with Crippen LogP contribution in [-0.2, 0) is 19.1 Å². The van der Waals surface area contributed by atoms with Crippen molar-refractivity contribution < 1.29 is 24.2 Å². The lowest BCUT2D eigenvalue weighted by Crippen LogP contribution is -2.28. The number of carbonyl (C=O) groups excluding carboxylic acids is 2. The lowest BCUT2D eigenvalue weighted by atomic mass is 10.0. The highest BCUT2D eigenvalue weighted by atomic mass is 16.6. The maximum Gasteiger partial charge on any atom is 0.306 e. The molecule has 0 heterocycles. The van der Waals surface area contributed by atoms with Crippen molar-refractivity contribution in [3.8, 4) is 0 Å². The molecule has 0 aliphatic carbocycles. The van der Waals surface area contributed by atoms with E-state index in [2.05, 4.69) is 98.9 Å². The van der Waals surface area contributed by atoms with E-state index in [0.717, 1.165) is 83.5 Å². The first kappa shape index (κ1) is 57.1. The fourth-order valence-electron chi connectivity index (χ4n) is 6.95. The zero-order valence-corrected chi connectivity index (χ0v) is 39.2. The third-order valence-corrected chi connectivity index (χ3v) is 10.7. The third kappa shape index (κ3) is 47.8. The molecule has 0 aromatic carbocycles. The van der Waals surface area contributed by atoms with Gasteiger partial charge in [0.05, 0.1) is 6.61 Å². The molecule has 5 nitrogen and oxygen atoms in total. The van der Waals surface area contributed by atoms with Gasteiger partial charge in [0.25, 0.3) is 0 Å². The molecule has 0 amide bonds. The van der Waals surface area contributed by atoms with Gasteiger partial charge in [-0.2, -0.15) is 0 Å². The summed E-state index contributed by atoms with van der Waals surface area (Å²) in [5, 5.41) is 9.60. The van der Waals surface area contributed by atoms with Crippen molar-refractivity contribution in [3.63, 3.8) is 0 Å². The summed E-state index contributed by atoms with van der Waals surface area (Å²) in [6, 6.07) is 0. The van der Waals surface area contributed by atoms with Crippen molar-refractivity contribution in [2.75, 3.05) is 13.2 Å². The van der Waals surface area contributed by atoms with Gasteiger partial charge in [0.2, 0.25) is 0 Å². The average Bonchev–Trinajstić information content (AvgIpc) is 3.25. The highest BCUT2D eigenvalue weighted by Gasteiger charge is 2.16. The highest BCUT2D eigenvalue weighted by Crippen LogP contribution is 2.15. The van der Waals surface area contributed by atoms with E-state index >= 15 is 0 Å². The monoisotopic (exact) mass is 835 g/mol. The van der Waals surface area contributed by atoms with E-state index in [-0.39, 0.29) is 25.2 Å². The Bertz CT molecular complexity index is 1130. The van der Waals surface area contributed by atoms with E-state index < -0.39 is 6.10 Å². The van der Waals surface area contributed by atoms with E-state index in [1.54, 1.807) is 0 Å². The lowest BCUT2D eigenvalue weighted by Gasteiger charge is -2.15. The van der Waals surface area contributed by atoms with Gasteiger partial charge in [0, 0.05) is 12.8 Å². The van der Waals surface area contributed by atoms with Crippen molar-refractivity contribution in [1.82, 2.24) is 0 Å². The number of ether oxygens (including phenoxy) is 2. The first-order chi connectivity index (χ1) is 29.6. The topological polar surface area (TPSA) is 72.8 Å². The highest BCUT2D eigenvalue weighted by molar-refractivity contribution is 5.70. The molecule has 60 heavy (non-hydrogen) atoms. The van der Waals surface area contributed by atoms with E-state index in [1.807, 2.05) is 0 Å². The second-order valence-electron chi connectivity index (χ2n) is 16.5. The molecule has 0 rings (SSSR count). The molecular formula is C55H94O5. The number of aliphatic hydroxyl groups excluding tert-OH is 1. The molecular weight excluding hydrogens is 741 g/mol. The molecule has 1 N–H and O–H groups in total. The van der Waals surface area contributed by atoms with Gasteiger partial charge in [-0.25, -0.2) is 0 Å². The molecule has 0 aliphatic heterocycles. The molecule has 0 aromatic rings. The predicted octanol–water partition coefficient (Wildman–Crippen LogP) is 16.6. The van der Waals surface area contributed by atoms with E-state index in [9.17, 15) is 14.7 Å². The minimum atomic E-state index is -0.774. The molecule has 1 atom stereocenters. The average molecular weight is 835 g/mol. The molecule has 0 radical (unpaired) electrons. The van der Waals surface area contributed by atoms with E-state index in [0.29, 0.717) is 12.8 Å². The molecule has 0 fully saturated rings. The number of unbranched alkanes of at least 4 members (excludes halogenated alkanes) is 23. The second kappa shape index (κ2) is 50.4. The Kier molecular flexibility index (Phi) is 48.0. The number of hydrogen-bond donors (Lipinski definition) is 1. The number of rotatable bonds is 45. The van der Waals surface area contributed by atoms with Gasteiger partial charge in [-0.3, -0.25) is 9.59 Å². The lowest BCUT2D eigenvalue weighted by molar-refractivity contribution is -0.161. The van der Waals surface area contributed by atoms with Crippen LogP contribution in [0.5, 0.6) is 0 Å². The SMILES string of the molecule is CC/C=C\C/C=C\C/C=C\C/C=C\C/C=C\C/C=C\C/C=C\CCCCCCCCCCCCCC(=O)OC(CO)COC(=O)CCCCCCCCCCCCCCC. The quantitative estimate of drug-likeness (QED) is 0.0376. The van der Waals surface area contributed by atoms with Crippen LogP contribution in [0.25, 0.3) is 0 Å². The molecule has 344 valence electrons. The van der Waals surface area contributed by atoms with Gasteiger partial charge in [0.15, 0.2) is 6.10 Å². The standard InChI is InChI=1S/C55H94O5/c1-3-5-7-9-11-13-15-17-18-19-20-21-22-23-24-25-26-27-28-29-30-31-32-33-34-35-36-38-40-42-44-46-48-50-55(58)60-53(51-56)52-59-54(57)49-47-45-43-41-39-37-16-14-12-10-8-6-4-2/h5,7,11,13,17-18,20-21,23-24,26-27,29-30,53,56H,3-4,6,8-10,12,14-16,19,22,25,28,31-52H2,1-2H3/b7-5-,13-11-,18-17-,21-20-,24-23-,27-26-,30-29-. The summed E-state index contributed by atoms with van der Waals surface area (Å²) >= 11 is 0. The summed E-state index contributed by atoms with van der Waals surface area (Å²) in [7, 11) is 0. The minimum Gasteiger partial charge on any atom is -0.462 e. The van der Waals surface area contributed by atoms with Crippen molar-refractivity contribution in [2.45, 2.75) is 238 Å². The van der Waals surface area contributed by atoms with Crippen molar-refractivity contribution in [1.29, 1.82) is 0 Å². The Morgan fingerprint density at radius 3 is 1.08 bits per heavy atom. The molecule has 5 heteroatoms. The summed E-state index contributed by atoms with van der Waals surface area (Å²) in [5.74, 6) is -0.592. The van der Waals surface area contributed by atoms with Gasteiger partial charge in [-0.15, -0.1) is 0 Å². The Hall–Kier alpha value is -2.92. The number of carbonyl (C=O) groups is 2. The Morgan fingerprint density at radius 1 is 0.400 bits per heavy atom. The molecule has 0 saturated heterocycles. The number of hydrogen-bond acceptors (Lipinski definition) is 5. The fourth-order valence-corrected chi connectivity index (χ4v) is 6.95. The zero-order valence-electron chi connectivity index (χ0n) is 39.2. The van der Waals surface area contributed by atoms with Crippen LogP contribution in [0.3, 0.4) is 0 Å². The Morgan fingerprint density at radius 2 is 0.717 bits per heavy atom. The number of esters is 2.